The van der Waals surface area contributed by atoms with E-state index in [-0.39, 0.29) is 5.91 Å². The van der Waals surface area contributed by atoms with Gasteiger partial charge in [0.05, 0.1) is 6.42 Å². The first kappa shape index (κ1) is 15.4. The number of hydrogen-bond acceptors (Lipinski definition) is 2. The quantitative estimate of drug-likeness (QED) is 0.869. The molecule has 22 heavy (non-hydrogen) atoms. The van der Waals surface area contributed by atoms with Gasteiger partial charge in [-0.25, -0.2) is 0 Å². The molecule has 1 amide bonds. The highest BCUT2D eigenvalue weighted by molar-refractivity contribution is 5.78. The number of rotatable bonds is 6. The van der Waals surface area contributed by atoms with Gasteiger partial charge >= 0.3 is 0 Å². The van der Waals surface area contributed by atoms with Crippen molar-refractivity contribution >= 4 is 11.6 Å². The molecule has 2 aliphatic rings. The lowest BCUT2D eigenvalue weighted by Gasteiger charge is -2.24. The lowest BCUT2D eigenvalue weighted by atomic mass is 9.95. The van der Waals surface area contributed by atoms with E-state index in [1.807, 2.05) is 18.7 Å². The van der Waals surface area contributed by atoms with E-state index in [0.29, 0.717) is 12.5 Å². The summed E-state index contributed by atoms with van der Waals surface area (Å²) in [5, 5.41) is 3.70. The highest BCUT2D eigenvalue weighted by Gasteiger charge is 2.39. The molecule has 0 aliphatic heterocycles. The molecule has 3 rings (SSSR count). The summed E-state index contributed by atoms with van der Waals surface area (Å²) < 4.78 is 0. The van der Waals surface area contributed by atoms with Crippen LogP contribution in [0.1, 0.15) is 45.1 Å². The Balaban J connectivity index is 1.55. The number of nitrogens with zero attached hydrogens (tertiary/aromatic N) is 1. The number of amides is 1. The zero-order valence-electron chi connectivity index (χ0n) is 13.8. The largest absolute Gasteiger partial charge is 0.382 e. The Kier molecular flexibility index (Phi) is 4.70. The molecule has 0 aromatic heterocycles. The second-order valence-corrected chi connectivity index (χ2v) is 6.87. The molecule has 3 nitrogen and oxygen atoms in total. The molecule has 120 valence electrons. The highest BCUT2D eigenvalue weighted by Crippen LogP contribution is 2.45. The predicted molar refractivity (Wildman–Crippen MR) is 90.9 cm³/mol. The summed E-state index contributed by atoms with van der Waals surface area (Å²) in [5.74, 6) is 2.07. The zero-order valence-corrected chi connectivity index (χ0v) is 13.8. The minimum Gasteiger partial charge on any atom is -0.382 e. The standard InChI is InChI=1S/C19H28N2O/c1-3-21(4-2)19(22)13-14-6-9-17(10-7-14)20-18-12-15-5-8-16(18)11-15/h6-7,9-10,15-16,18,20H,3-5,8,11-13H2,1-2H3/t15-,16-,18-/m0/s1. The molecule has 2 saturated carbocycles. The van der Waals surface area contributed by atoms with Gasteiger partial charge in [-0.05, 0) is 62.6 Å². The highest BCUT2D eigenvalue weighted by atomic mass is 16.2. The molecule has 2 aliphatic carbocycles. The maximum atomic E-state index is 12.1. The number of likely N-dealkylation sites (N-methyl/N-ethyl adjacent to an activating group) is 1. The monoisotopic (exact) mass is 300 g/mol. The third-order valence-corrected chi connectivity index (χ3v) is 5.52. The Hall–Kier alpha value is -1.51. The fourth-order valence-corrected chi connectivity index (χ4v) is 4.22. The number of anilines is 1. The van der Waals surface area contributed by atoms with Gasteiger partial charge in [-0.3, -0.25) is 4.79 Å². The molecule has 3 heteroatoms. The van der Waals surface area contributed by atoms with Crippen molar-refractivity contribution in [3.63, 3.8) is 0 Å². The second kappa shape index (κ2) is 6.72. The minimum atomic E-state index is 0.221. The molecule has 0 unspecified atom stereocenters. The first-order valence-corrected chi connectivity index (χ1v) is 8.82. The van der Waals surface area contributed by atoms with Crippen molar-refractivity contribution in [2.45, 2.75) is 52.0 Å². The van der Waals surface area contributed by atoms with E-state index in [2.05, 4.69) is 29.6 Å². The van der Waals surface area contributed by atoms with Crippen molar-refractivity contribution in [3.05, 3.63) is 29.8 Å². The average Bonchev–Trinajstić information content (AvgIpc) is 3.13. The van der Waals surface area contributed by atoms with Crippen molar-refractivity contribution in [2.24, 2.45) is 11.8 Å². The van der Waals surface area contributed by atoms with Crippen LogP contribution in [0.5, 0.6) is 0 Å². The Labute approximate surface area is 134 Å². The van der Waals surface area contributed by atoms with Crippen LogP contribution in [0, 0.1) is 11.8 Å². The number of hydrogen-bond donors (Lipinski definition) is 1. The fourth-order valence-electron chi connectivity index (χ4n) is 4.22. The molecule has 1 aromatic carbocycles. The van der Waals surface area contributed by atoms with E-state index in [9.17, 15) is 4.79 Å². The Bertz CT molecular complexity index is 507. The van der Waals surface area contributed by atoms with Crippen LogP contribution in [0.4, 0.5) is 5.69 Å². The normalized spacial score (nSPS) is 26.2. The van der Waals surface area contributed by atoms with Crippen molar-refractivity contribution in [3.8, 4) is 0 Å². The number of fused-ring (bicyclic) bond motifs is 2. The van der Waals surface area contributed by atoms with Crippen molar-refractivity contribution in [2.75, 3.05) is 18.4 Å². The molecule has 2 fully saturated rings. The Morgan fingerprint density at radius 1 is 1.14 bits per heavy atom. The van der Waals surface area contributed by atoms with Crippen LogP contribution in [-0.4, -0.2) is 29.9 Å². The van der Waals surface area contributed by atoms with Gasteiger partial charge < -0.3 is 10.2 Å². The van der Waals surface area contributed by atoms with Crippen molar-refractivity contribution < 1.29 is 4.79 Å². The van der Waals surface area contributed by atoms with Gasteiger partial charge in [-0.1, -0.05) is 18.6 Å². The molecule has 0 saturated heterocycles. The predicted octanol–water partition coefficient (Wildman–Crippen LogP) is 3.70. The third kappa shape index (κ3) is 3.29. The third-order valence-electron chi connectivity index (χ3n) is 5.52. The lowest BCUT2D eigenvalue weighted by Crippen LogP contribution is -2.31. The van der Waals surface area contributed by atoms with Gasteiger partial charge in [-0.15, -0.1) is 0 Å². The molecular formula is C19H28N2O. The lowest BCUT2D eigenvalue weighted by molar-refractivity contribution is -0.130. The second-order valence-electron chi connectivity index (χ2n) is 6.87. The van der Waals surface area contributed by atoms with Crippen LogP contribution in [-0.2, 0) is 11.2 Å². The summed E-state index contributed by atoms with van der Waals surface area (Å²) in [6.45, 7) is 5.64. The minimum absolute atomic E-state index is 0.221. The van der Waals surface area contributed by atoms with E-state index in [4.69, 9.17) is 0 Å². The molecule has 1 aromatic rings. The summed E-state index contributed by atoms with van der Waals surface area (Å²) in [6.07, 6.45) is 6.12. The first-order chi connectivity index (χ1) is 10.7. The van der Waals surface area contributed by atoms with Crippen molar-refractivity contribution in [1.29, 1.82) is 0 Å². The van der Waals surface area contributed by atoms with Gasteiger partial charge in [0.2, 0.25) is 5.91 Å². The van der Waals surface area contributed by atoms with Gasteiger partial charge in [0.15, 0.2) is 0 Å². The van der Waals surface area contributed by atoms with E-state index < -0.39 is 0 Å². The average molecular weight is 300 g/mol. The summed E-state index contributed by atoms with van der Waals surface area (Å²) in [7, 11) is 0. The zero-order chi connectivity index (χ0) is 15.5. The number of carbonyl (C=O) groups is 1. The van der Waals surface area contributed by atoms with Crippen LogP contribution < -0.4 is 5.32 Å². The molecule has 0 radical (unpaired) electrons. The van der Waals surface area contributed by atoms with Crippen LogP contribution in [0.25, 0.3) is 0 Å². The Morgan fingerprint density at radius 2 is 1.86 bits per heavy atom. The fraction of sp³-hybridized carbons (Fsp3) is 0.632. The molecular weight excluding hydrogens is 272 g/mol. The topological polar surface area (TPSA) is 32.3 Å². The van der Waals surface area contributed by atoms with E-state index in [1.165, 1.54) is 31.4 Å². The van der Waals surface area contributed by atoms with Crippen LogP contribution in [0.3, 0.4) is 0 Å². The maximum Gasteiger partial charge on any atom is 0.226 e. The van der Waals surface area contributed by atoms with Gasteiger partial charge in [0.1, 0.15) is 0 Å². The molecule has 2 bridgehead atoms. The molecule has 0 heterocycles. The number of carbonyl (C=O) groups excluding carboxylic acids is 1. The van der Waals surface area contributed by atoms with Gasteiger partial charge in [0.25, 0.3) is 0 Å². The van der Waals surface area contributed by atoms with Gasteiger partial charge in [-0.2, -0.15) is 0 Å². The summed E-state index contributed by atoms with van der Waals surface area (Å²) in [4.78, 5) is 14.0. The summed E-state index contributed by atoms with van der Waals surface area (Å²) in [6, 6.07) is 9.13. The van der Waals surface area contributed by atoms with Gasteiger partial charge in [0, 0.05) is 24.8 Å². The molecule has 0 spiro atoms. The maximum absolute atomic E-state index is 12.1. The van der Waals surface area contributed by atoms with E-state index in [0.717, 1.165) is 30.5 Å². The molecule has 3 atom stereocenters. The number of nitrogens with one attached hydrogen (secondary N) is 1. The molecule has 1 N–H and O–H groups in total. The van der Waals surface area contributed by atoms with Crippen LogP contribution in [0.2, 0.25) is 0 Å². The number of benzene rings is 1. The smallest absolute Gasteiger partial charge is 0.226 e. The van der Waals surface area contributed by atoms with Crippen LogP contribution >= 0.6 is 0 Å². The Morgan fingerprint density at radius 3 is 2.41 bits per heavy atom. The SMILES string of the molecule is CCN(CC)C(=O)Cc1ccc(N[C@H]2C[C@H]3CC[C@H]2C3)cc1. The van der Waals surface area contributed by atoms with E-state index in [1.54, 1.807) is 0 Å². The summed E-state index contributed by atoms with van der Waals surface area (Å²) >= 11 is 0. The summed E-state index contributed by atoms with van der Waals surface area (Å²) in [5.41, 5.74) is 2.31. The van der Waals surface area contributed by atoms with E-state index >= 15 is 0 Å². The van der Waals surface area contributed by atoms with Crippen molar-refractivity contribution in [1.82, 2.24) is 4.90 Å². The first-order valence-electron chi connectivity index (χ1n) is 8.82. The van der Waals surface area contributed by atoms with Crippen LogP contribution in [0.15, 0.2) is 24.3 Å².